The highest BCUT2D eigenvalue weighted by atomic mass is 35.5. The molecule has 9 nitrogen and oxygen atoms in total. The molecule has 1 amide bonds. The summed E-state index contributed by atoms with van der Waals surface area (Å²) in [5, 5.41) is 3.42. The summed E-state index contributed by atoms with van der Waals surface area (Å²) >= 11 is 5.84. The van der Waals surface area contributed by atoms with Crippen LogP contribution in [0.1, 0.15) is 43.6 Å². The smallest absolute Gasteiger partial charge is 0.476 e. The highest BCUT2D eigenvalue weighted by Gasteiger charge is 2.34. The zero-order chi connectivity index (χ0) is 26.0. The number of hydrogen-bond acceptors (Lipinski definition) is 8. The molecule has 198 valence electrons. The molecule has 0 bridgehead atoms. The number of carbonyl (C=O) groups excluding carboxylic acids is 3. The third kappa shape index (κ3) is 10.7. The Balaban J connectivity index is 0.00000648. The van der Waals surface area contributed by atoms with Crippen LogP contribution in [0.4, 0.5) is 4.79 Å². The Bertz CT molecular complexity index is 996. The van der Waals surface area contributed by atoms with Crippen molar-refractivity contribution in [3.8, 4) is 5.75 Å². The first kappa shape index (κ1) is 31.0. The Labute approximate surface area is 222 Å². The average Bonchev–Trinajstić information content (AvgIpc) is 2.79. The van der Waals surface area contributed by atoms with Crippen molar-refractivity contribution in [3.63, 3.8) is 0 Å². The molecule has 3 N–H and O–H groups in total. The van der Waals surface area contributed by atoms with Crippen LogP contribution >= 0.6 is 24.0 Å². The summed E-state index contributed by atoms with van der Waals surface area (Å²) in [6.07, 6.45) is -1.54. The van der Waals surface area contributed by atoms with Crippen LogP contribution in [-0.2, 0) is 25.4 Å². The van der Waals surface area contributed by atoms with Gasteiger partial charge in [-0.25, -0.2) is 9.59 Å². The first-order valence-corrected chi connectivity index (χ1v) is 11.5. The lowest BCUT2D eigenvalue weighted by Crippen LogP contribution is -2.42. The van der Waals surface area contributed by atoms with Gasteiger partial charge >= 0.3 is 12.1 Å². The molecule has 0 spiro atoms. The summed E-state index contributed by atoms with van der Waals surface area (Å²) in [4.78, 5) is 36.2. The van der Waals surface area contributed by atoms with E-state index in [4.69, 9.17) is 36.3 Å². The van der Waals surface area contributed by atoms with E-state index in [1.165, 1.54) is 20.8 Å². The third-order valence-corrected chi connectivity index (χ3v) is 4.84. The number of esters is 1. The van der Waals surface area contributed by atoms with Gasteiger partial charge in [0.1, 0.15) is 12.4 Å². The maximum absolute atomic E-state index is 12.5. The predicted molar refractivity (Wildman–Crippen MR) is 138 cm³/mol. The SMILES string of the molecule is CC(N)COC(=O)OC(C)OC(=O)C(C)(C)Oc1ccc(CCNC(=O)c2ccc(Cl)cc2)cc1.Cl. The van der Waals surface area contributed by atoms with Gasteiger partial charge in [-0.1, -0.05) is 23.7 Å². The van der Waals surface area contributed by atoms with Crippen LogP contribution in [0.2, 0.25) is 5.02 Å². The number of benzene rings is 2. The summed E-state index contributed by atoms with van der Waals surface area (Å²) in [5.41, 5.74) is 5.66. The fraction of sp³-hybridized carbons (Fsp3) is 0.400. The molecule has 36 heavy (non-hydrogen) atoms. The van der Waals surface area contributed by atoms with Crippen LogP contribution in [0, 0.1) is 0 Å². The standard InChI is InChI=1S/C25H31ClN2O7.ClH/c1-16(27)15-32-24(31)34-17(2)33-23(30)25(3,4)35-21-11-5-18(6-12-21)13-14-28-22(29)19-7-9-20(26)10-8-19;/h5-12,16-17H,13-15,27H2,1-4H3,(H,28,29);1H. The van der Waals surface area contributed by atoms with Crippen molar-refractivity contribution < 1.29 is 33.3 Å². The van der Waals surface area contributed by atoms with Gasteiger partial charge in [-0.3, -0.25) is 4.79 Å². The van der Waals surface area contributed by atoms with E-state index < -0.39 is 24.0 Å². The number of amides is 1. The summed E-state index contributed by atoms with van der Waals surface area (Å²) in [6, 6.07) is 13.4. The van der Waals surface area contributed by atoms with Crippen molar-refractivity contribution in [2.75, 3.05) is 13.2 Å². The summed E-state index contributed by atoms with van der Waals surface area (Å²) in [7, 11) is 0. The topological polar surface area (TPSA) is 126 Å². The van der Waals surface area contributed by atoms with Crippen molar-refractivity contribution in [2.24, 2.45) is 5.73 Å². The minimum atomic E-state index is -1.35. The van der Waals surface area contributed by atoms with E-state index in [1.54, 1.807) is 43.3 Å². The maximum Gasteiger partial charge on any atom is 0.511 e. The fourth-order valence-corrected chi connectivity index (χ4v) is 2.90. The minimum absolute atomic E-state index is 0. The highest BCUT2D eigenvalue weighted by molar-refractivity contribution is 6.30. The average molecular weight is 543 g/mol. The van der Waals surface area contributed by atoms with Crippen molar-refractivity contribution in [2.45, 2.75) is 52.0 Å². The summed E-state index contributed by atoms with van der Waals surface area (Å²) in [5.74, 6) is -0.452. The number of hydrogen-bond donors (Lipinski definition) is 2. The molecule has 0 aliphatic heterocycles. The summed E-state index contributed by atoms with van der Waals surface area (Å²) in [6.45, 7) is 6.57. The van der Waals surface area contributed by atoms with Crippen LogP contribution in [-0.4, -0.2) is 49.1 Å². The van der Waals surface area contributed by atoms with Crippen LogP contribution < -0.4 is 15.8 Å². The van der Waals surface area contributed by atoms with Crippen molar-refractivity contribution in [1.29, 1.82) is 0 Å². The monoisotopic (exact) mass is 542 g/mol. The molecule has 2 rings (SSSR count). The number of nitrogens with two attached hydrogens (primary N) is 1. The number of ether oxygens (including phenoxy) is 4. The molecule has 0 fully saturated rings. The number of halogens is 2. The second-order valence-electron chi connectivity index (χ2n) is 8.40. The van der Waals surface area contributed by atoms with Crippen LogP contribution in [0.5, 0.6) is 5.75 Å². The molecule has 2 aromatic carbocycles. The lowest BCUT2D eigenvalue weighted by molar-refractivity contribution is -0.183. The van der Waals surface area contributed by atoms with Crippen LogP contribution in [0.25, 0.3) is 0 Å². The van der Waals surface area contributed by atoms with E-state index >= 15 is 0 Å². The predicted octanol–water partition coefficient (Wildman–Crippen LogP) is 4.28. The van der Waals surface area contributed by atoms with Gasteiger partial charge in [0.15, 0.2) is 5.60 Å². The largest absolute Gasteiger partial charge is 0.511 e. The van der Waals surface area contributed by atoms with Gasteiger partial charge in [-0.15, -0.1) is 12.4 Å². The molecular weight excluding hydrogens is 511 g/mol. The number of nitrogens with one attached hydrogen (secondary N) is 1. The molecule has 2 aromatic rings. The van der Waals surface area contributed by atoms with E-state index in [2.05, 4.69) is 5.32 Å². The van der Waals surface area contributed by atoms with Crippen LogP contribution in [0.3, 0.4) is 0 Å². The van der Waals surface area contributed by atoms with Gasteiger partial charge in [0.05, 0.1) is 0 Å². The van der Waals surface area contributed by atoms with Crippen molar-refractivity contribution in [3.05, 3.63) is 64.7 Å². The van der Waals surface area contributed by atoms with E-state index in [9.17, 15) is 14.4 Å². The molecule has 0 aliphatic rings. The zero-order valence-corrected chi connectivity index (χ0v) is 22.2. The molecule has 0 radical (unpaired) electrons. The van der Waals surface area contributed by atoms with Gasteiger partial charge in [0.2, 0.25) is 6.29 Å². The molecular formula is C25H32Cl2N2O7. The molecule has 2 unspecified atom stereocenters. The molecule has 11 heteroatoms. The highest BCUT2D eigenvalue weighted by Crippen LogP contribution is 2.21. The fourth-order valence-electron chi connectivity index (χ4n) is 2.77. The molecule has 2 atom stereocenters. The molecule has 0 aliphatic carbocycles. The third-order valence-electron chi connectivity index (χ3n) is 4.59. The van der Waals surface area contributed by atoms with Gasteiger partial charge in [0.25, 0.3) is 5.91 Å². The normalized spacial score (nSPS) is 12.4. The Hall–Kier alpha value is -3.01. The first-order chi connectivity index (χ1) is 16.5. The quantitative estimate of drug-likeness (QED) is 0.318. The van der Waals surface area contributed by atoms with Crippen molar-refractivity contribution >= 4 is 42.0 Å². The number of carbonyl (C=O) groups is 3. The minimum Gasteiger partial charge on any atom is -0.476 e. The second kappa shape index (κ2) is 14.5. The molecule has 0 saturated heterocycles. The van der Waals surface area contributed by atoms with Gasteiger partial charge in [0, 0.05) is 30.1 Å². The Morgan fingerprint density at radius 3 is 2.19 bits per heavy atom. The first-order valence-electron chi connectivity index (χ1n) is 11.1. The molecule has 0 aromatic heterocycles. The van der Waals surface area contributed by atoms with Crippen LogP contribution in [0.15, 0.2) is 48.5 Å². The van der Waals surface area contributed by atoms with Gasteiger partial charge < -0.3 is 30.0 Å². The van der Waals surface area contributed by atoms with E-state index in [1.807, 2.05) is 12.1 Å². The Kier molecular flexibility index (Phi) is 12.5. The molecule has 0 saturated carbocycles. The zero-order valence-electron chi connectivity index (χ0n) is 20.6. The number of rotatable bonds is 11. The Morgan fingerprint density at radius 1 is 1.00 bits per heavy atom. The summed E-state index contributed by atoms with van der Waals surface area (Å²) < 4.78 is 20.6. The van der Waals surface area contributed by atoms with E-state index in [-0.39, 0.29) is 31.0 Å². The second-order valence-corrected chi connectivity index (χ2v) is 8.83. The lowest BCUT2D eigenvalue weighted by atomic mass is 10.1. The Morgan fingerprint density at radius 2 is 1.61 bits per heavy atom. The van der Waals surface area contributed by atoms with E-state index in [0.717, 1.165) is 5.56 Å². The lowest BCUT2D eigenvalue weighted by Gasteiger charge is -2.26. The molecule has 0 heterocycles. The van der Waals surface area contributed by atoms with Gasteiger partial charge in [-0.2, -0.15) is 0 Å². The van der Waals surface area contributed by atoms with Gasteiger partial charge in [-0.05, 0) is 69.2 Å². The maximum atomic E-state index is 12.5. The van der Waals surface area contributed by atoms with E-state index in [0.29, 0.717) is 29.3 Å². The van der Waals surface area contributed by atoms with Crippen molar-refractivity contribution in [1.82, 2.24) is 5.32 Å².